The number of ether oxygens (including phenoxy) is 3. The molecule has 0 aliphatic carbocycles. The number of fused-ring (bicyclic) bond motifs is 1. The zero-order chi connectivity index (χ0) is 26.7. The Morgan fingerprint density at radius 1 is 1.16 bits per heavy atom. The fourth-order valence-electron chi connectivity index (χ4n) is 4.37. The molecule has 196 valence electrons. The second-order valence-electron chi connectivity index (χ2n) is 9.07. The zero-order valence-electron chi connectivity index (χ0n) is 20.8. The predicted octanol–water partition coefficient (Wildman–Crippen LogP) is 6.41. The third kappa shape index (κ3) is 5.91. The van der Waals surface area contributed by atoms with E-state index in [1.165, 1.54) is 32.2 Å². The summed E-state index contributed by atoms with van der Waals surface area (Å²) in [5.41, 5.74) is 1.46. The average molecular weight is 547 g/mol. The highest BCUT2D eigenvalue weighted by Crippen LogP contribution is 2.45. The van der Waals surface area contributed by atoms with Gasteiger partial charge in [-0.2, -0.15) is 0 Å². The van der Waals surface area contributed by atoms with Crippen LogP contribution in [0.2, 0.25) is 5.02 Å². The van der Waals surface area contributed by atoms with E-state index in [2.05, 4.69) is 0 Å². The van der Waals surface area contributed by atoms with Gasteiger partial charge in [0.2, 0.25) is 0 Å². The predicted molar refractivity (Wildman–Crippen MR) is 139 cm³/mol. The summed E-state index contributed by atoms with van der Waals surface area (Å²) in [4.78, 5) is 11.7. The van der Waals surface area contributed by atoms with Crippen molar-refractivity contribution in [1.29, 1.82) is 0 Å². The number of halogens is 2. The van der Waals surface area contributed by atoms with E-state index in [1.807, 2.05) is 6.92 Å². The molecule has 1 heterocycles. The summed E-state index contributed by atoms with van der Waals surface area (Å²) in [7, 11) is -2.38. The highest BCUT2D eigenvalue weighted by Gasteiger charge is 2.38. The van der Waals surface area contributed by atoms with Gasteiger partial charge >= 0.3 is 0 Å². The molecule has 9 heteroatoms. The first kappa shape index (κ1) is 26.9. The van der Waals surface area contributed by atoms with Crippen molar-refractivity contribution in [1.82, 2.24) is 0 Å². The van der Waals surface area contributed by atoms with Crippen LogP contribution >= 0.6 is 11.6 Å². The molecule has 3 aromatic rings. The van der Waals surface area contributed by atoms with Gasteiger partial charge in [-0.1, -0.05) is 23.7 Å². The lowest BCUT2D eigenvalue weighted by Gasteiger charge is -2.32. The Labute approximate surface area is 221 Å². The molecule has 0 N–H and O–H groups in total. The Balaban J connectivity index is 1.70. The monoisotopic (exact) mass is 546 g/mol. The van der Waals surface area contributed by atoms with Gasteiger partial charge in [-0.3, -0.25) is 0 Å². The molecule has 0 saturated carbocycles. The summed E-state index contributed by atoms with van der Waals surface area (Å²) in [6, 6.07) is 14.1. The molecule has 3 aromatic carbocycles. The SMILES string of the molecule is COc1cc(S(=O)(=O)C2CC(CCC(C)=O)Oc3ccc(OCc4c(F)cccc4Cl)cc32)ccc1C. The number of methoxy groups -OCH3 is 1. The first-order valence-electron chi connectivity index (χ1n) is 11.8. The van der Waals surface area contributed by atoms with Crippen LogP contribution in [0.25, 0.3) is 0 Å². The van der Waals surface area contributed by atoms with Crippen LogP contribution in [0.3, 0.4) is 0 Å². The van der Waals surface area contributed by atoms with Gasteiger partial charge in [0.1, 0.15) is 41.6 Å². The lowest BCUT2D eigenvalue weighted by atomic mass is 9.98. The molecule has 0 amide bonds. The number of hydrogen-bond acceptors (Lipinski definition) is 6. The number of benzene rings is 3. The van der Waals surface area contributed by atoms with Crippen molar-refractivity contribution >= 4 is 27.2 Å². The van der Waals surface area contributed by atoms with E-state index < -0.39 is 27.0 Å². The number of aryl methyl sites for hydroxylation is 1. The lowest BCUT2D eigenvalue weighted by Crippen LogP contribution is -2.30. The number of carbonyl (C=O) groups is 1. The Morgan fingerprint density at radius 3 is 2.65 bits per heavy atom. The van der Waals surface area contributed by atoms with Crippen LogP contribution in [0.4, 0.5) is 4.39 Å². The Bertz CT molecular complexity index is 1400. The van der Waals surface area contributed by atoms with E-state index in [0.717, 1.165) is 5.56 Å². The number of sulfone groups is 1. The van der Waals surface area contributed by atoms with Crippen molar-refractivity contribution < 1.29 is 31.8 Å². The van der Waals surface area contributed by atoms with Crippen molar-refractivity contribution in [2.45, 2.75) is 56.0 Å². The standard InChI is InChI=1S/C28H28ClFO6S/c1-17-7-11-21(15-27(17)34-3)37(32,33)28-14-20(9-8-18(2)31)36-26-12-10-19(13-22(26)28)35-16-23-24(29)5-4-6-25(23)30/h4-7,10-13,15,20,28H,8-9,14,16H2,1-3H3. The van der Waals surface area contributed by atoms with Crippen molar-refractivity contribution in [3.8, 4) is 17.2 Å². The normalized spacial score (nSPS) is 17.0. The molecule has 1 aliphatic heterocycles. The molecule has 1 aliphatic rings. The molecule has 0 fully saturated rings. The van der Waals surface area contributed by atoms with E-state index in [4.69, 9.17) is 25.8 Å². The molecule has 6 nitrogen and oxygen atoms in total. The van der Waals surface area contributed by atoms with E-state index in [-0.39, 0.29) is 40.7 Å². The summed E-state index contributed by atoms with van der Waals surface area (Å²) >= 11 is 6.11. The minimum Gasteiger partial charge on any atom is -0.496 e. The molecule has 0 radical (unpaired) electrons. The van der Waals surface area contributed by atoms with Crippen LogP contribution < -0.4 is 14.2 Å². The first-order chi connectivity index (χ1) is 17.6. The average Bonchev–Trinajstić information content (AvgIpc) is 2.86. The van der Waals surface area contributed by atoms with Gasteiger partial charge in [-0.25, -0.2) is 12.8 Å². The Hall–Kier alpha value is -3.10. The van der Waals surface area contributed by atoms with Gasteiger partial charge in [0.05, 0.1) is 22.3 Å². The van der Waals surface area contributed by atoms with Gasteiger partial charge in [0.25, 0.3) is 0 Å². The molecule has 0 aromatic heterocycles. The maximum atomic E-state index is 14.2. The maximum absolute atomic E-state index is 14.2. The molecular formula is C28H28ClFO6S. The minimum atomic E-state index is -3.88. The van der Waals surface area contributed by atoms with Crippen molar-refractivity contribution in [2.24, 2.45) is 0 Å². The van der Waals surface area contributed by atoms with E-state index >= 15 is 0 Å². The maximum Gasteiger partial charge on any atom is 0.185 e. The van der Waals surface area contributed by atoms with Crippen molar-refractivity contribution in [2.75, 3.05) is 7.11 Å². The van der Waals surface area contributed by atoms with Gasteiger partial charge in [0, 0.05) is 24.0 Å². The van der Waals surface area contributed by atoms with Gasteiger partial charge < -0.3 is 19.0 Å². The first-order valence-corrected chi connectivity index (χ1v) is 13.8. The van der Waals surface area contributed by atoms with E-state index in [9.17, 15) is 17.6 Å². The van der Waals surface area contributed by atoms with Crippen molar-refractivity contribution in [3.05, 3.63) is 82.1 Å². The number of ketones is 1. The van der Waals surface area contributed by atoms with E-state index in [0.29, 0.717) is 29.2 Å². The van der Waals surface area contributed by atoms with Gasteiger partial charge in [-0.05, 0) is 68.3 Å². The summed E-state index contributed by atoms with van der Waals surface area (Å²) in [5.74, 6) is 0.748. The topological polar surface area (TPSA) is 78.9 Å². The van der Waals surface area contributed by atoms with Gasteiger partial charge in [-0.15, -0.1) is 0 Å². The highest BCUT2D eigenvalue weighted by atomic mass is 35.5. The summed E-state index contributed by atoms with van der Waals surface area (Å²) < 4.78 is 59.3. The quantitative estimate of drug-likeness (QED) is 0.308. The van der Waals surface area contributed by atoms with Crippen molar-refractivity contribution in [3.63, 3.8) is 0 Å². The minimum absolute atomic E-state index is 0.00706. The zero-order valence-corrected chi connectivity index (χ0v) is 22.4. The Morgan fingerprint density at radius 2 is 1.95 bits per heavy atom. The van der Waals surface area contributed by atoms with Crippen LogP contribution in [0.1, 0.15) is 48.1 Å². The van der Waals surface area contributed by atoms with Crippen LogP contribution in [0.5, 0.6) is 17.2 Å². The molecular weight excluding hydrogens is 519 g/mol. The number of carbonyl (C=O) groups excluding carboxylic acids is 1. The molecule has 2 unspecified atom stereocenters. The Kier molecular flexibility index (Phi) is 8.09. The van der Waals surface area contributed by atoms with Crippen LogP contribution in [-0.2, 0) is 21.2 Å². The molecule has 0 spiro atoms. The number of rotatable bonds is 9. The molecule has 37 heavy (non-hydrogen) atoms. The van der Waals surface area contributed by atoms with Gasteiger partial charge in [0.15, 0.2) is 9.84 Å². The lowest BCUT2D eigenvalue weighted by molar-refractivity contribution is -0.117. The third-order valence-corrected chi connectivity index (χ3v) is 8.91. The fraction of sp³-hybridized carbons (Fsp3) is 0.321. The molecule has 4 rings (SSSR count). The largest absolute Gasteiger partial charge is 0.496 e. The van der Waals surface area contributed by atoms with Crippen LogP contribution in [0, 0.1) is 12.7 Å². The third-order valence-electron chi connectivity index (χ3n) is 6.44. The second-order valence-corrected chi connectivity index (χ2v) is 11.6. The fourth-order valence-corrected chi connectivity index (χ4v) is 6.43. The number of hydrogen-bond donors (Lipinski definition) is 0. The summed E-state index contributed by atoms with van der Waals surface area (Å²) in [6.45, 7) is 3.20. The van der Waals surface area contributed by atoms with E-state index in [1.54, 1.807) is 36.4 Å². The second kappa shape index (κ2) is 11.1. The summed E-state index contributed by atoms with van der Waals surface area (Å²) in [5, 5.41) is -0.704. The number of Topliss-reactive ketones (excluding diaryl/α,β-unsaturated/α-hetero) is 1. The molecule has 2 atom stereocenters. The molecule has 0 saturated heterocycles. The highest BCUT2D eigenvalue weighted by molar-refractivity contribution is 7.91. The smallest absolute Gasteiger partial charge is 0.185 e. The van der Waals surface area contributed by atoms with Crippen LogP contribution in [0.15, 0.2) is 59.5 Å². The summed E-state index contributed by atoms with van der Waals surface area (Å²) in [6.07, 6.45) is 0.409. The van der Waals surface area contributed by atoms with Crippen LogP contribution in [-0.4, -0.2) is 27.4 Å². The molecule has 0 bridgehead atoms.